The van der Waals surface area contributed by atoms with Crippen molar-refractivity contribution >= 4 is 5.78 Å². The van der Waals surface area contributed by atoms with Crippen molar-refractivity contribution in [3.63, 3.8) is 0 Å². The van der Waals surface area contributed by atoms with Gasteiger partial charge in [0.25, 0.3) is 0 Å². The number of Topliss-reactive ketones (excluding diaryl/α,β-unsaturated/α-hetero) is 1. The van der Waals surface area contributed by atoms with Gasteiger partial charge in [-0.3, -0.25) is 4.79 Å². The van der Waals surface area contributed by atoms with Gasteiger partial charge in [0.05, 0.1) is 6.10 Å². The maximum Gasteiger partial charge on any atom is 0.166 e. The van der Waals surface area contributed by atoms with Crippen LogP contribution in [0, 0.1) is 11.8 Å². The molecule has 2 fully saturated rings. The van der Waals surface area contributed by atoms with Crippen LogP contribution < -0.4 is 0 Å². The summed E-state index contributed by atoms with van der Waals surface area (Å²) in [4.78, 5) is 17.3. The first-order valence-electron chi connectivity index (χ1n) is 9.84. The summed E-state index contributed by atoms with van der Waals surface area (Å²) in [5.74, 6) is 1.25. The smallest absolute Gasteiger partial charge is 0.166 e. The first-order valence-corrected chi connectivity index (χ1v) is 9.84. The van der Waals surface area contributed by atoms with Gasteiger partial charge in [-0.2, -0.15) is 0 Å². The number of aliphatic hydroxyl groups is 1. The maximum atomic E-state index is 12.5. The molecule has 0 aliphatic carbocycles. The van der Waals surface area contributed by atoms with Gasteiger partial charge >= 0.3 is 0 Å². The molecular formula is C21H32N2O2. The highest BCUT2D eigenvalue weighted by Crippen LogP contribution is 2.22. The standard InChI is InChI=1S/C21H32N2O2/c1-17-7-11-22(12-8-17)15-20(24)16-23-13-9-19(10-14-23)21(25)18-5-3-2-4-6-18/h2-6,17,19-20,24H,7-16H2,1H3. The molecule has 0 saturated carbocycles. The number of piperidine rings is 2. The van der Waals surface area contributed by atoms with Crippen LogP contribution in [-0.4, -0.2) is 66.1 Å². The summed E-state index contributed by atoms with van der Waals surface area (Å²) in [5.41, 5.74) is 0.834. The van der Waals surface area contributed by atoms with Gasteiger partial charge in [-0.1, -0.05) is 37.3 Å². The van der Waals surface area contributed by atoms with Crippen molar-refractivity contribution in [1.82, 2.24) is 9.80 Å². The van der Waals surface area contributed by atoms with Gasteiger partial charge in [0.1, 0.15) is 0 Å². The molecule has 0 amide bonds. The summed E-state index contributed by atoms with van der Waals surface area (Å²) in [6, 6.07) is 9.64. The molecule has 1 N–H and O–H groups in total. The van der Waals surface area contributed by atoms with Crippen LogP contribution in [0.2, 0.25) is 0 Å². The van der Waals surface area contributed by atoms with Crippen LogP contribution in [0.3, 0.4) is 0 Å². The van der Waals surface area contributed by atoms with Crippen LogP contribution in [0.5, 0.6) is 0 Å². The van der Waals surface area contributed by atoms with Gasteiger partial charge in [0, 0.05) is 24.6 Å². The lowest BCUT2D eigenvalue weighted by molar-refractivity contribution is 0.0487. The highest BCUT2D eigenvalue weighted by molar-refractivity contribution is 5.97. The van der Waals surface area contributed by atoms with Gasteiger partial charge < -0.3 is 14.9 Å². The number of hydrogen-bond acceptors (Lipinski definition) is 4. The monoisotopic (exact) mass is 344 g/mol. The average Bonchev–Trinajstić information content (AvgIpc) is 2.64. The molecule has 3 rings (SSSR count). The Morgan fingerprint density at radius 2 is 1.52 bits per heavy atom. The van der Waals surface area contributed by atoms with E-state index < -0.39 is 0 Å². The second-order valence-corrected chi connectivity index (χ2v) is 7.94. The van der Waals surface area contributed by atoms with Crippen LogP contribution in [-0.2, 0) is 0 Å². The summed E-state index contributed by atoms with van der Waals surface area (Å²) in [6.07, 6.45) is 4.03. The summed E-state index contributed by atoms with van der Waals surface area (Å²) >= 11 is 0. The predicted octanol–water partition coefficient (Wildman–Crippen LogP) is 2.67. The van der Waals surface area contributed by atoms with Crippen molar-refractivity contribution in [2.75, 3.05) is 39.3 Å². The molecule has 0 radical (unpaired) electrons. The van der Waals surface area contributed by atoms with E-state index >= 15 is 0 Å². The molecule has 1 unspecified atom stereocenters. The summed E-state index contributed by atoms with van der Waals surface area (Å²) in [5, 5.41) is 10.4. The molecule has 1 atom stereocenters. The molecule has 2 aliphatic rings. The number of nitrogens with zero attached hydrogens (tertiary/aromatic N) is 2. The van der Waals surface area contributed by atoms with E-state index in [9.17, 15) is 9.90 Å². The third-order valence-corrected chi connectivity index (χ3v) is 5.83. The summed E-state index contributed by atoms with van der Waals surface area (Å²) in [6.45, 7) is 7.90. The molecule has 2 heterocycles. The highest BCUT2D eigenvalue weighted by Gasteiger charge is 2.27. The lowest BCUT2D eigenvalue weighted by Crippen LogP contribution is -2.45. The van der Waals surface area contributed by atoms with E-state index in [1.165, 1.54) is 12.8 Å². The summed E-state index contributed by atoms with van der Waals surface area (Å²) < 4.78 is 0. The van der Waals surface area contributed by atoms with Gasteiger partial charge in [-0.25, -0.2) is 0 Å². The van der Waals surface area contributed by atoms with Crippen molar-refractivity contribution in [1.29, 1.82) is 0 Å². The SMILES string of the molecule is CC1CCN(CC(O)CN2CCC(C(=O)c3ccccc3)CC2)CC1. The number of benzene rings is 1. The number of aliphatic hydroxyl groups excluding tert-OH is 1. The third-order valence-electron chi connectivity index (χ3n) is 5.83. The average molecular weight is 344 g/mol. The zero-order chi connectivity index (χ0) is 17.6. The number of hydrogen-bond donors (Lipinski definition) is 1. The number of ketones is 1. The zero-order valence-corrected chi connectivity index (χ0v) is 15.4. The molecule has 0 bridgehead atoms. The quantitative estimate of drug-likeness (QED) is 0.806. The number of carbonyl (C=O) groups excluding carboxylic acids is 1. The van der Waals surface area contributed by atoms with Gasteiger partial charge in [-0.05, 0) is 57.8 Å². The fourth-order valence-electron chi connectivity index (χ4n) is 4.11. The molecule has 0 aromatic heterocycles. The third kappa shape index (κ3) is 5.37. The van der Waals surface area contributed by atoms with Crippen molar-refractivity contribution in [2.24, 2.45) is 11.8 Å². The molecule has 138 valence electrons. The second kappa shape index (κ2) is 8.93. The minimum atomic E-state index is -0.283. The van der Waals surface area contributed by atoms with Gasteiger partial charge in [0.2, 0.25) is 0 Å². The van der Waals surface area contributed by atoms with Crippen LogP contribution in [0.25, 0.3) is 0 Å². The Bertz CT molecular complexity index is 532. The Labute approximate surface area is 151 Å². The number of β-amino-alcohol motifs (C(OH)–C–C–N with tert-alkyl or cyclic N) is 1. The maximum absolute atomic E-state index is 12.5. The Morgan fingerprint density at radius 1 is 1.00 bits per heavy atom. The minimum absolute atomic E-state index is 0.138. The van der Waals surface area contributed by atoms with Crippen LogP contribution in [0.15, 0.2) is 30.3 Å². The molecule has 4 nitrogen and oxygen atoms in total. The van der Waals surface area contributed by atoms with Crippen molar-refractivity contribution in [3.05, 3.63) is 35.9 Å². The first kappa shape index (κ1) is 18.6. The van der Waals surface area contributed by atoms with E-state index in [1.54, 1.807) is 0 Å². The fraction of sp³-hybridized carbons (Fsp3) is 0.667. The minimum Gasteiger partial charge on any atom is -0.390 e. The molecule has 1 aromatic carbocycles. The summed E-state index contributed by atoms with van der Waals surface area (Å²) in [7, 11) is 0. The van der Waals surface area contributed by atoms with E-state index in [1.807, 2.05) is 30.3 Å². The van der Waals surface area contributed by atoms with E-state index in [0.717, 1.165) is 63.6 Å². The number of carbonyl (C=O) groups is 1. The van der Waals surface area contributed by atoms with Crippen molar-refractivity contribution < 1.29 is 9.90 Å². The van der Waals surface area contributed by atoms with Gasteiger partial charge in [-0.15, -0.1) is 0 Å². The highest BCUT2D eigenvalue weighted by atomic mass is 16.3. The lowest BCUT2D eigenvalue weighted by atomic mass is 9.89. The van der Waals surface area contributed by atoms with E-state index in [2.05, 4.69) is 16.7 Å². The van der Waals surface area contributed by atoms with Crippen LogP contribution in [0.4, 0.5) is 0 Å². The van der Waals surface area contributed by atoms with E-state index in [-0.39, 0.29) is 17.8 Å². The first-order chi connectivity index (χ1) is 12.1. The topological polar surface area (TPSA) is 43.8 Å². The Balaban J connectivity index is 1.39. The predicted molar refractivity (Wildman–Crippen MR) is 101 cm³/mol. The normalized spacial score (nSPS) is 22.8. The fourth-order valence-corrected chi connectivity index (χ4v) is 4.11. The number of likely N-dealkylation sites (tertiary alicyclic amines) is 2. The largest absolute Gasteiger partial charge is 0.390 e. The molecule has 2 aliphatic heterocycles. The Kier molecular flexibility index (Phi) is 6.63. The molecule has 1 aromatic rings. The molecule has 25 heavy (non-hydrogen) atoms. The van der Waals surface area contributed by atoms with Crippen molar-refractivity contribution in [3.8, 4) is 0 Å². The Morgan fingerprint density at radius 3 is 2.08 bits per heavy atom. The molecule has 2 saturated heterocycles. The molecular weight excluding hydrogens is 312 g/mol. The lowest BCUT2D eigenvalue weighted by Gasteiger charge is -2.35. The van der Waals surface area contributed by atoms with Gasteiger partial charge in [0.15, 0.2) is 5.78 Å². The zero-order valence-electron chi connectivity index (χ0n) is 15.4. The number of rotatable bonds is 6. The van der Waals surface area contributed by atoms with E-state index in [4.69, 9.17) is 0 Å². The molecule has 0 spiro atoms. The Hall–Kier alpha value is -1.23. The molecule has 4 heteroatoms. The van der Waals surface area contributed by atoms with E-state index in [0.29, 0.717) is 0 Å². The second-order valence-electron chi connectivity index (χ2n) is 7.94. The van der Waals surface area contributed by atoms with Crippen LogP contribution in [0.1, 0.15) is 43.0 Å². The van der Waals surface area contributed by atoms with Crippen molar-refractivity contribution in [2.45, 2.75) is 38.7 Å². The van der Waals surface area contributed by atoms with Crippen LogP contribution >= 0.6 is 0 Å².